The third kappa shape index (κ3) is 4.52. The van der Waals surface area contributed by atoms with Crippen LogP contribution in [0.2, 0.25) is 13.1 Å². The summed E-state index contributed by atoms with van der Waals surface area (Å²) in [6.45, 7) is 13.3. The summed E-state index contributed by atoms with van der Waals surface area (Å²) in [5.74, 6) is 0.831. The van der Waals surface area contributed by atoms with Crippen molar-refractivity contribution in [3.8, 4) is 5.75 Å². The summed E-state index contributed by atoms with van der Waals surface area (Å²) in [5, 5.41) is 2.69. The Hall–Kier alpha value is -2.60. The van der Waals surface area contributed by atoms with Gasteiger partial charge in [0.05, 0.1) is 18.3 Å². The molecule has 0 radical (unpaired) electrons. The number of hydrogen-bond acceptors (Lipinski definition) is 3. The molecule has 3 aromatic rings. The van der Waals surface area contributed by atoms with E-state index in [-0.39, 0.29) is 0 Å². The first-order valence-corrected chi connectivity index (χ1v) is 14.9. The maximum atomic E-state index is 6.68. The van der Waals surface area contributed by atoms with E-state index < -0.39 is 26.4 Å². The lowest BCUT2D eigenvalue weighted by molar-refractivity contribution is 0.00578. The van der Waals surface area contributed by atoms with Gasteiger partial charge in [0, 0.05) is 0 Å². The van der Waals surface area contributed by atoms with Crippen LogP contribution in [0.15, 0.2) is 84.9 Å². The van der Waals surface area contributed by atoms with Crippen LogP contribution in [-0.4, -0.2) is 33.5 Å². The molecule has 1 fully saturated rings. The minimum atomic E-state index is -2.19. The zero-order chi connectivity index (χ0) is 24.6. The topological polar surface area (TPSA) is 27.7 Å². The summed E-state index contributed by atoms with van der Waals surface area (Å²) < 4.78 is 18.8. The Kier molecular flexibility index (Phi) is 6.65. The molecule has 0 spiro atoms. The first-order valence-electron chi connectivity index (χ1n) is 11.9. The molecular formula is C29H35BO3Si. The second-order valence-electron chi connectivity index (χ2n) is 10.5. The average Bonchev–Trinajstić information content (AvgIpc) is 3.04. The number of ether oxygens (including phenoxy) is 1. The van der Waals surface area contributed by atoms with Crippen LogP contribution in [0.25, 0.3) is 10.7 Å². The molecule has 1 aliphatic rings. The Bertz CT molecular complexity index is 1140. The first-order chi connectivity index (χ1) is 16.1. The molecule has 3 nitrogen and oxygen atoms in total. The van der Waals surface area contributed by atoms with Gasteiger partial charge in [-0.05, 0) is 61.6 Å². The molecule has 34 heavy (non-hydrogen) atoms. The van der Waals surface area contributed by atoms with E-state index in [4.69, 9.17) is 14.0 Å². The van der Waals surface area contributed by atoms with Crippen LogP contribution in [-0.2, 0) is 9.31 Å². The highest BCUT2D eigenvalue weighted by atomic mass is 28.3. The van der Waals surface area contributed by atoms with Crippen molar-refractivity contribution in [2.45, 2.75) is 52.0 Å². The number of benzene rings is 3. The minimum absolute atomic E-state index is 0.435. The van der Waals surface area contributed by atoms with Crippen LogP contribution in [0.1, 0.15) is 38.8 Å². The molecule has 0 bridgehead atoms. The summed E-state index contributed by atoms with van der Waals surface area (Å²) in [6.07, 6.45) is 0. The van der Waals surface area contributed by atoms with Gasteiger partial charge < -0.3 is 14.0 Å². The van der Waals surface area contributed by atoms with E-state index in [0.29, 0.717) is 0 Å². The monoisotopic (exact) mass is 470 g/mol. The van der Waals surface area contributed by atoms with E-state index in [0.717, 1.165) is 16.8 Å². The molecule has 1 saturated heterocycles. The van der Waals surface area contributed by atoms with Gasteiger partial charge in [0.25, 0.3) is 0 Å². The van der Waals surface area contributed by atoms with Gasteiger partial charge in [0.1, 0.15) is 13.8 Å². The van der Waals surface area contributed by atoms with Gasteiger partial charge in [-0.2, -0.15) is 0 Å². The molecule has 0 saturated carbocycles. The largest absolute Gasteiger partial charge is 0.497 e. The molecule has 3 aromatic carbocycles. The summed E-state index contributed by atoms with van der Waals surface area (Å²) in [5.41, 5.74) is 2.54. The Labute approximate surface area is 205 Å². The van der Waals surface area contributed by atoms with Crippen LogP contribution in [0.4, 0.5) is 0 Å². The summed E-state index contributed by atoms with van der Waals surface area (Å²) in [4.78, 5) is 0. The van der Waals surface area contributed by atoms with Crippen molar-refractivity contribution in [3.63, 3.8) is 0 Å². The number of rotatable bonds is 6. The van der Waals surface area contributed by atoms with Crippen LogP contribution < -0.4 is 9.92 Å². The van der Waals surface area contributed by atoms with Crippen molar-refractivity contribution in [2.75, 3.05) is 7.11 Å². The number of methoxy groups -OCH3 is 1. The van der Waals surface area contributed by atoms with Gasteiger partial charge in [0.15, 0.2) is 0 Å². The normalized spacial score (nSPS) is 17.9. The standard InChI is InChI=1S/C29H35BO3Si/c1-28(2)29(3,4)33-30(32-28)26(22-18-20-24(31-5)21-19-22)27(23-14-10-8-11-15-23)34(6,7)25-16-12-9-13-17-25/h8-21H,1-7H3/b27-26+. The minimum Gasteiger partial charge on any atom is -0.497 e. The quantitative estimate of drug-likeness (QED) is 0.309. The maximum absolute atomic E-state index is 6.68. The van der Waals surface area contributed by atoms with Gasteiger partial charge in [-0.15, -0.1) is 0 Å². The van der Waals surface area contributed by atoms with Gasteiger partial charge in [-0.3, -0.25) is 0 Å². The second kappa shape index (κ2) is 9.22. The van der Waals surface area contributed by atoms with Crippen LogP contribution in [0, 0.1) is 0 Å². The van der Waals surface area contributed by atoms with Crippen molar-refractivity contribution in [2.24, 2.45) is 0 Å². The molecular weight excluding hydrogens is 435 g/mol. The zero-order valence-electron chi connectivity index (χ0n) is 21.4. The van der Waals surface area contributed by atoms with Crippen molar-refractivity contribution in [3.05, 3.63) is 96.1 Å². The summed E-state index contributed by atoms with van der Waals surface area (Å²) in [6, 6.07) is 29.8. The van der Waals surface area contributed by atoms with E-state index in [1.807, 2.05) is 12.1 Å². The fourth-order valence-electron chi connectivity index (χ4n) is 4.59. The molecule has 1 aliphatic heterocycles. The highest BCUT2D eigenvalue weighted by Crippen LogP contribution is 2.44. The lowest BCUT2D eigenvalue weighted by Gasteiger charge is -2.32. The lowest BCUT2D eigenvalue weighted by Crippen LogP contribution is -2.44. The molecule has 0 aliphatic carbocycles. The molecule has 176 valence electrons. The molecule has 0 amide bonds. The second-order valence-corrected chi connectivity index (χ2v) is 14.8. The highest BCUT2D eigenvalue weighted by molar-refractivity contribution is 7.07. The predicted octanol–water partition coefficient (Wildman–Crippen LogP) is 6.39. The van der Waals surface area contributed by atoms with Gasteiger partial charge >= 0.3 is 7.12 Å². The maximum Gasteiger partial charge on any atom is 0.495 e. The molecule has 4 rings (SSSR count). The summed E-state index contributed by atoms with van der Waals surface area (Å²) in [7, 11) is -0.976. The highest BCUT2D eigenvalue weighted by Gasteiger charge is 2.54. The van der Waals surface area contributed by atoms with Crippen molar-refractivity contribution >= 4 is 31.0 Å². The van der Waals surface area contributed by atoms with Gasteiger partial charge in [0.2, 0.25) is 0 Å². The Balaban J connectivity index is 2.04. The van der Waals surface area contributed by atoms with E-state index in [1.54, 1.807) is 7.11 Å². The van der Waals surface area contributed by atoms with Gasteiger partial charge in [-0.25, -0.2) is 0 Å². The molecule has 5 heteroatoms. The Morgan fingerprint density at radius 3 is 1.71 bits per heavy atom. The molecule has 0 aromatic heterocycles. The predicted molar refractivity (Wildman–Crippen MR) is 146 cm³/mol. The van der Waals surface area contributed by atoms with Crippen molar-refractivity contribution in [1.82, 2.24) is 0 Å². The fraction of sp³-hybridized carbons (Fsp3) is 0.310. The van der Waals surface area contributed by atoms with Crippen LogP contribution >= 0.6 is 0 Å². The van der Waals surface area contributed by atoms with Crippen molar-refractivity contribution in [1.29, 1.82) is 0 Å². The first kappa shape index (κ1) is 24.5. The Morgan fingerprint density at radius 1 is 0.706 bits per heavy atom. The van der Waals surface area contributed by atoms with Gasteiger partial charge in [-0.1, -0.05) is 91.1 Å². The number of hydrogen-bond donors (Lipinski definition) is 0. The molecule has 0 unspecified atom stereocenters. The smallest absolute Gasteiger partial charge is 0.495 e. The molecule has 1 heterocycles. The molecule has 0 N–H and O–H groups in total. The van der Waals surface area contributed by atoms with E-state index in [9.17, 15) is 0 Å². The van der Waals surface area contributed by atoms with E-state index >= 15 is 0 Å². The third-order valence-electron chi connectivity index (χ3n) is 7.34. The lowest BCUT2D eigenvalue weighted by atomic mass is 9.73. The fourth-order valence-corrected chi connectivity index (χ4v) is 7.73. The SMILES string of the molecule is COc1ccc(/C(B2OC(C)(C)C(C)(C)O2)=C(/c2ccccc2)[Si](C)(C)c2ccccc2)cc1. The van der Waals surface area contributed by atoms with E-state index in [2.05, 4.69) is 114 Å². The van der Waals surface area contributed by atoms with Crippen LogP contribution in [0.3, 0.4) is 0 Å². The third-order valence-corrected chi connectivity index (χ3v) is 10.9. The van der Waals surface area contributed by atoms with E-state index in [1.165, 1.54) is 15.9 Å². The summed E-state index contributed by atoms with van der Waals surface area (Å²) >= 11 is 0. The van der Waals surface area contributed by atoms with Crippen molar-refractivity contribution < 1.29 is 14.0 Å². The zero-order valence-corrected chi connectivity index (χ0v) is 22.4. The van der Waals surface area contributed by atoms with Crippen LogP contribution in [0.5, 0.6) is 5.75 Å². The molecule has 0 atom stereocenters. The average molecular weight is 470 g/mol. The Morgan fingerprint density at radius 2 is 1.21 bits per heavy atom.